The number of benzene rings is 1. The van der Waals surface area contributed by atoms with E-state index in [0.717, 1.165) is 35.9 Å². The first-order valence-electron chi connectivity index (χ1n) is 6.01. The molecule has 2 aliphatic heterocycles. The van der Waals surface area contributed by atoms with Crippen LogP contribution in [0, 0.1) is 0 Å². The highest BCUT2D eigenvalue weighted by Crippen LogP contribution is 2.20. The number of methoxy groups -OCH3 is 1. The molecule has 0 unspecified atom stereocenters. The van der Waals surface area contributed by atoms with Crippen LogP contribution in [0.4, 0.5) is 0 Å². The molecule has 4 nitrogen and oxygen atoms in total. The largest absolute Gasteiger partial charge is 0.497 e. The Morgan fingerprint density at radius 2 is 2.00 bits per heavy atom. The molecule has 0 saturated heterocycles. The number of amidine groups is 1. The Morgan fingerprint density at radius 1 is 1.22 bits per heavy atom. The molecule has 0 amide bonds. The fraction of sp³-hybridized carbons (Fsp3) is 0.286. The number of ether oxygens (including phenoxy) is 1. The van der Waals surface area contributed by atoms with Crippen LogP contribution in [-0.2, 0) is 0 Å². The zero-order chi connectivity index (χ0) is 12.5. The maximum atomic E-state index is 5.16. The Labute approximate surface area is 106 Å². The van der Waals surface area contributed by atoms with Crippen molar-refractivity contribution < 1.29 is 4.74 Å². The van der Waals surface area contributed by atoms with Gasteiger partial charge in [0.2, 0.25) is 0 Å². The van der Waals surface area contributed by atoms with Crippen LogP contribution in [0.15, 0.2) is 46.0 Å². The van der Waals surface area contributed by atoms with Crippen LogP contribution in [0.25, 0.3) is 0 Å². The van der Waals surface area contributed by atoms with Crippen LogP contribution in [0.1, 0.15) is 12.5 Å². The standard InChI is InChI=1S/C14H15N3O/c1-10-9-13(16-17-8-7-15-14(10)17)11-3-5-12(18-2)6-4-11/h3-6,9H,7-8H2,1-2H3. The normalized spacial score (nSPS) is 17.9. The Hall–Kier alpha value is -2.10. The summed E-state index contributed by atoms with van der Waals surface area (Å²) in [5.74, 6) is 1.87. The lowest BCUT2D eigenvalue weighted by Crippen LogP contribution is -2.28. The van der Waals surface area contributed by atoms with Crippen molar-refractivity contribution in [3.8, 4) is 5.75 Å². The molecule has 0 fully saturated rings. The van der Waals surface area contributed by atoms with Crippen molar-refractivity contribution >= 4 is 11.5 Å². The second kappa shape index (κ2) is 4.29. The molecule has 18 heavy (non-hydrogen) atoms. The first-order valence-corrected chi connectivity index (χ1v) is 6.01. The number of fused-ring (bicyclic) bond motifs is 1. The lowest BCUT2D eigenvalue weighted by atomic mass is 10.1. The third-order valence-corrected chi connectivity index (χ3v) is 3.14. The van der Waals surface area contributed by atoms with Gasteiger partial charge >= 0.3 is 0 Å². The van der Waals surface area contributed by atoms with E-state index in [9.17, 15) is 0 Å². The molecule has 2 heterocycles. The van der Waals surface area contributed by atoms with Crippen molar-refractivity contribution in [2.45, 2.75) is 6.92 Å². The highest BCUT2D eigenvalue weighted by Gasteiger charge is 2.22. The summed E-state index contributed by atoms with van der Waals surface area (Å²) in [5, 5.41) is 6.60. The summed E-state index contributed by atoms with van der Waals surface area (Å²) in [4.78, 5) is 4.44. The van der Waals surface area contributed by atoms with E-state index in [-0.39, 0.29) is 0 Å². The van der Waals surface area contributed by atoms with Crippen LogP contribution in [0.3, 0.4) is 0 Å². The number of hydrogen-bond donors (Lipinski definition) is 0. The second-order valence-corrected chi connectivity index (χ2v) is 4.37. The van der Waals surface area contributed by atoms with E-state index in [1.165, 1.54) is 5.57 Å². The van der Waals surface area contributed by atoms with Gasteiger partial charge in [-0.2, -0.15) is 5.10 Å². The number of aliphatic imine (C=N–C) groups is 1. The van der Waals surface area contributed by atoms with Gasteiger partial charge in [-0.1, -0.05) is 0 Å². The van der Waals surface area contributed by atoms with Crippen LogP contribution in [0.2, 0.25) is 0 Å². The molecule has 4 heteroatoms. The third kappa shape index (κ3) is 1.79. The van der Waals surface area contributed by atoms with E-state index < -0.39 is 0 Å². The van der Waals surface area contributed by atoms with E-state index in [0.29, 0.717) is 0 Å². The van der Waals surface area contributed by atoms with Crippen molar-refractivity contribution in [1.82, 2.24) is 5.01 Å². The lowest BCUT2D eigenvalue weighted by Gasteiger charge is -2.21. The molecule has 1 aromatic carbocycles. The van der Waals surface area contributed by atoms with Crippen LogP contribution >= 0.6 is 0 Å². The first kappa shape index (κ1) is 11.0. The number of nitrogens with zero attached hydrogens (tertiary/aromatic N) is 3. The van der Waals surface area contributed by atoms with Gasteiger partial charge in [-0.15, -0.1) is 0 Å². The van der Waals surface area contributed by atoms with Crippen LogP contribution in [-0.4, -0.2) is 36.8 Å². The summed E-state index contributed by atoms with van der Waals surface area (Å²) in [7, 11) is 1.67. The highest BCUT2D eigenvalue weighted by atomic mass is 16.5. The smallest absolute Gasteiger partial charge is 0.147 e. The fourth-order valence-electron chi connectivity index (χ4n) is 2.20. The summed E-state index contributed by atoms with van der Waals surface area (Å²) < 4.78 is 5.16. The van der Waals surface area contributed by atoms with Gasteiger partial charge in [-0.05, 0) is 42.8 Å². The summed E-state index contributed by atoms with van der Waals surface area (Å²) in [6, 6.07) is 7.96. The minimum absolute atomic E-state index is 0.833. The number of rotatable bonds is 2. The maximum absolute atomic E-state index is 5.16. The Balaban J connectivity index is 1.95. The topological polar surface area (TPSA) is 37.2 Å². The van der Waals surface area contributed by atoms with Gasteiger partial charge in [0.1, 0.15) is 11.6 Å². The van der Waals surface area contributed by atoms with E-state index >= 15 is 0 Å². The van der Waals surface area contributed by atoms with Gasteiger partial charge in [0.15, 0.2) is 0 Å². The molecule has 0 N–H and O–H groups in total. The average molecular weight is 241 g/mol. The molecule has 3 rings (SSSR count). The molecule has 2 aliphatic rings. The molecule has 0 radical (unpaired) electrons. The zero-order valence-electron chi connectivity index (χ0n) is 10.6. The highest BCUT2D eigenvalue weighted by molar-refractivity contribution is 6.16. The Kier molecular flexibility index (Phi) is 2.63. The predicted molar refractivity (Wildman–Crippen MR) is 72.3 cm³/mol. The van der Waals surface area contributed by atoms with Gasteiger partial charge in [0.25, 0.3) is 0 Å². The van der Waals surface area contributed by atoms with Gasteiger partial charge < -0.3 is 4.74 Å². The monoisotopic (exact) mass is 241 g/mol. The molecular formula is C14H15N3O. The van der Waals surface area contributed by atoms with Gasteiger partial charge in [-0.25, -0.2) is 5.01 Å². The SMILES string of the molecule is COc1ccc(C2=NN3CCN=C3C(C)=C2)cc1. The van der Waals surface area contributed by atoms with Gasteiger partial charge in [0, 0.05) is 5.56 Å². The molecule has 92 valence electrons. The third-order valence-electron chi connectivity index (χ3n) is 3.14. The van der Waals surface area contributed by atoms with Crippen LogP contribution < -0.4 is 4.74 Å². The molecule has 0 bridgehead atoms. The minimum atomic E-state index is 0.833. The van der Waals surface area contributed by atoms with Crippen molar-refractivity contribution in [3.05, 3.63) is 41.5 Å². The zero-order valence-corrected chi connectivity index (χ0v) is 10.6. The quantitative estimate of drug-likeness (QED) is 0.795. The van der Waals surface area contributed by atoms with Crippen LogP contribution in [0.5, 0.6) is 5.75 Å². The number of allylic oxidation sites excluding steroid dienone is 1. The van der Waals surface area contributed by atoms with Crippen molar-refractivity contribution in [3.63, 3.8) is 0 Å². The molecular weight excluding hydrogens is 226 g/mol. The summed E-state index contributed by atoms with van der Waals surface area (Å²) >= 11 is 0. The molecule has 1 aromatic rings. The molecule has 0 saturated carbocycles. The molecule has 0 atom stereocenters. The van der Waals surface area contributed by atoms with Crippen molar-refractivity contribution in [2.75, 3.05) is 20.2 Å². The molecule has 0 spiro atoms. The van der Waals surface area contributed by atoms with Crippen molar-refractivity contribution in [1.29, 1.82) is 0 Å². The second-order valence-electron chi connectivity index (χ2n) is 4.37. The summed E-state index contributed by atoms with van der Waals surface area (Å²) in [6.07, 6.45) is 2.09. The van der Waals surface area contributed by atoms with Gasteiger partial charge in [-0.3, -0.25) is 4.99 Å². The summed E-state index contributed by atoms with van der Waals surface area (Å²) in [6.45, 7) is 3.79. The fourth-order valence-corrected chi connectivity index (χ4v) is 2.20. The maximum Gasteiger partial charge on any atom is 0.147 e. The Morgan fingerprint density at radius 3 is 2.72 bits per heavy atom. The van der Waals surface area contributed by atoms with E-state index in [2.05, 4.69) is 23.1 Å². The number of hydrogen-bond acceptors (Lipinski definition) is 4. The predicted octanol–water partition coefficient (Wildman–Crippen LogP) is 2.07. The van der Waals surface area contributed by atoms with E-state index in [1.807, 2.05) is 29.3 Å². The molecule has 0 aromatic heterocycles. The van der Waals surface area contributed by atoms with Crippen molar-refractivity contribution in [2.24, 2.45) is 10.1 Å². The molecule has 0 aliphatic carbocycles. The van der Waals surface area contributed by atoms with E-state index in [1.54, 1.807) is 7.11 Å². The summed E-state index contributed by atoms with van der Waals surface area (Å²) in [5.41, 5.74) is 3.26. The Bertz CT molecular complexity index is 555. The number of hydrazone groups is 1. The van der Waals surface area contributed by atoms with E-state index in [4.69, 9.17) is 4.74 Å². The first-order chi connectivity index (χ1) is 8.78. The average Bonchev–Trinajstić information content (AvgIpc) is 2.88. The van der Waals surface area contributed by atoms with Gasteiger partial charge in [0.05, 0.1) is 25.9 Å². The minimum Gasteiger partial charge on any atom is -0.497 e. The lowest BCUT2D eigenvalue weighted by molar-refractivity contribution is 0.415.